The predicted molar refractivity (Wildman–Crippen MR) is 102 cm³/mol. The minimum absolute atomic E-state index is 1.10. The van der Waals surface area contributed by atoms with Crippen LogP contribution in [0.15, 0.2) is 48.5 Å². The van der Waals surface area contributed by atoms with Crippen molar-refractivity contribution in [2.24, 2.45) is 0 Å². The van der Waals surface area contributed by atoms with E-state index in [1.54, 1.807) is 0 Å². The fourth-order valence-corrected chi connectivity index (χ4v) is 4.49. The van der Waals surface area contributed by atoms with Gasteiger partial charge in [0.2, 0.25) is 0 Å². The van der Waals surface area contributed by atoms with E-state index in [1.165, 1.54) is 59.3 Å². The van der Waals surface area contributed by atoms with Crippen molar-refractivity contribution < 1.29 is 0 Å². The maximum Gasteiger partial charge on any atom is 0.0459 e. The zero-order chi connectivity index (χ0) is 16.6. The first-order valence-electron chi connectivity index (χ1n) is 9.47. The molecule has 0 radical (unpaired) electrons. The molecule has 0 bridgehead atoms. The van der Waals surface area contributed by atoms with Crippen LogP contribution in [0.1, 0.15) is 28.8 Å². The second kappa shape index (κ2) is 6.32. The number of benzene rings is 2. The van der Waals surface area contributed by atoms with Gasteiger partial charge in [0.15, 0.2) is 0 Å². The van der Waals surface area contributed by atoms with E-state index < -0.39 is 0 Å². The van der Waals surface area contributed by atoms with Crippen molar-refractivity contribution >= 4 is 10.9 Å². The van der Waals surface area contributed by atoms with Crippen LogP contribution in [0.25, 0.3) is 10.9 Å². The summed E-state index contributed by atoms with van der Waals surface area (Å²) >= 11 is 0. The molecule has 2 aliphatic heterocycles. The van der Waals surface area contributed by atoms with Crippen molar-refractivity contribution in [1.82, 2.24) is 14.8 Å². The number of aromatic amines is 1. The second-order valence-corrected chi connectivity index (χ2v) is 7.49. The summed E-state index contributed by atoms with van der Waals surface area (Å²) < 4.78 is 0. The third-order valence-corrected chi connectivity index (χ3v) is 5.82. The monoisotopic (exact) mass is 331 g/mol. The molecule has 0 saturated heterocycles. The second-order valence-electron chi connectivity index (χ2n) is 7.49. The summed E-state index contributed by atoms with van der Waals surface area (Å²) in [6.45, 7) is 6.93. The Kier molecular flexibility index (Phi) is 3.84. The average molecular weight is 331 g/mol. The summed E-state index contributed by atoms with van der Waals surface area (Å²) in [6, 6.07) is 17.6. The molecule has 0 atom stereocenters. The highest BCUT2D eigenvalue weighted by atomic mass is 15.2. The van der Waals surface area contributed by atoms with Gasteiger partial charge in [0.25, 0.3) is 0 Å². The molecular formula is C22H25N3. The molecule has 3 nitrogen and oxygen atoms in total. The Morgan fingerprint density at radius 3 is 2.36 bits per heavy atom. The largest absolute Gasteiger partial charge is 0.358 e. The number of rotatable bonds is 4. The summed E-state index contributed by atoms with van der Waals surface area (Å²) in [5.41, 5.74) is 7.31. The average Bonchev–Trinajstić information content (AvgIpc) is 3.22. The fourth-order valence-electron chi connectivity index (χ4n) is 4.49. The zero-order valence-electron chi connectivity index (χ0n) is 14.7. The molecule has 128 valence electrons. The molecule has 1 aromatic heterocycles. The fraction of sp³-hybridized carbons (Fsp3) is 0.364. The first kappa shape index (κ1) is 15.2. The number of aromatic nitrogens is 1. The summed E-state index contributed by atoms with van der Waals surface area (Å²) in [5.74, 6) is 0. The number of nitrogens with zero attached hydrogens (tertiary/aromatic N) is 2. The van der Waals surface area contributed by atoms with Crippen LogP contribution in [0.2, 0.25) is 0 Å². The third kappa shape index (κ3) is 2.88. The standard InChI is InChI=1S/C22H25N3/c1-2-7-18-15-25(14-17(18)6-1)12-5-11-24-13-10-22-20(16-24)19-8-3-4-9-21(19)23-22/h1-4,6-9,23H,5,10-16H2. The Balaban J connectivity index is 1.18. The molecule has 0 amide bonds. The maximum absolute atomic E-state index is 3.61. The minimum Gasteiger partial charge on any atom is -0.358 e. The zero-order valence-corrected chi connectivity index (χ0v) is 14.7. The Morgan fingerprint density at radius 2 is 1.52 bits per heavy atom. The summed E-state index contributed by atoms with van der Waals surface area (Å²) in [4.78, 5) is 8.83. The molecular weight excluding hydrogens is 306 g/mol. The van der Waals surface area contributed by atoms with Gasteiger partial charge in [-0.3, -0.25) is 9.80 Å². The first-order valence-corrected chi connectivity index (χ1v) is 9.47. The van der Waals surface area contributed by atoms with Crippen LogP contribution in [-0.4, -0.2) is 34.4 Å². The number of para-hydroxylation sites is 1. The molecule has 3 heteroatoms. The number of fused-ring (bicyclic) bond motifs is 4. The Bertz CT molecular complexity index is 870. The first-order chi connectivity index (χ1) is 12.4. The van der Waals surface area contributed by atoms with E-state index in [4.69, 9.17) is 0 Å². The normalized spacial score (nSPS) is 17.8. The molecule has 3 heterocycles. The Hall–Kier alpha value is -2.10. The highest BCUT2D eigenvalue weighted by molar-refractivity contribution is 5.84. The van der Waals surface area contributed by atoms with Crippen molar-refractivity contribution in [2.45, 2.75) is 32.5 Å². The van der Waals surface area contributed by atoms with Gasteiger partial charge in [-0.1, -0.05) is 42.5 Å². The summed E-state index contributed by atoms with van der Waals surface area (Å²) in [6.07, 6.45) is 2.41. The number of hydrogen-bond acceptors (Lipinski definition) is 2. The van der Waals surface area contributed by atoms with Gasteiger partial charge in [-0.25, -0.2) is 0 Å². The van der Waals surface area contributed by atoms with Crippen LogP contribution in [-0.2, 0) is 26.1 Å². The summed E-state index contributed by atoms with van der Waals surface area (Å²) in [5, 5.41) is 1.41. The lowest BCUT2D eigenvalue weighted by Crippen LogP contribution is -2.32. The highest BCUT2D eigenvalue weighted by Gasteiger charge is 2.21. The predicted octanol–water partition coefficient (Wildman–Crippen LogP) is 3.93. The SMILES string of the molecule is c1ccc2c(c1)CN(CCCN1CCc3[nH]c4ccccc4c3C1)C2. The Labute approximate surface area is 149 Å². The molecule has 3 aromatic rings. The van der Waals surface area contributed by atoms with E-state index in [0.29, 0.717) is 0 Å². The highest BCUT2D eigenvalue weighted by Crippen LogP contribution is 2.28. The van der Waals surface area contributed by atoms with E-state index >= 15 is 0 Å². The summed E-state index contributed by atoms with van der Waals surface area (Å²) in [7, 11) is 0. The van der Waals surface area contributed by atoms with Gasteiger partial charge in [0, 0.05) is 55.7 Å². The number of H-pyrrole nitrogens is 1. The molecule has 2 aliphatic rings. The maximum atomic E-state index is 3.61. The van der Waals surface area contributed by atoms with Gasteiger partial charge in [-0.2, -0.15) is 0 Å². The van der Waals surface area contributed by atoms with Gasteiger partial charge >= 0.3 is 0 Å². The van der Waals surface area contributed by atoms with E-state index in [-0.39, 0.29) is 0 Å². The third-order valence-electron chi connectivity index (χ3n) is 5.82. The molecule has 0 unspecified atom stereocenters. The lowest BCUT2D eigenvalue weighted by molar-refractivity contribution is 0.217. The van der Waals surface area contributed by atoms with Gasteiger partial charge in [0.1, 0.15) is 0 Å². The van der Waals surface area contributed by atoms with Crippen molar-refractivity contribution in [3.8, 4) is 0 Å². The van der Waals surface area contributed by atoms with Crippen LogP contribution in [0.3, 0.4) is 0 Å². The van der Waals surface area contributed by atoms with Gasteiger partial charge in [-0.05, 0) is 35.7 Å². The lowest BCUT2D eigenvalue weighted by Gasteiger charge is -2.27. The number of nitrogens with one attached hydrogen (secondary N) is 1. The topological polar surface area (TPSA) is 22.3 Å². The van der Waals surface area contributed by atoms with Crippen LogP contribution in [0.4, 0.5) is 0 Å². The van der Waals surface area contributed by atoms with Gasteiger partial charge in [-0.15, -0.1) is 0 Å². The van der Waals surface area contributed by atoms with Gasteiger partial charge < -0.3 is 4.98 Å². The molecule has 0 spiro atoms. The van der Waals surface area contributed by atoms with Crippen molar-refractivity contribution in [2.75, 3.05) is 19.6 Å². The van der Waals surface area contributed by atoms with Crippen LogP contribution < -0.4 is 0 Å². The smallest absolute Gasteiger partial charge is 0.0459 e. The Morgan fingerprint density at radius 1 is 0.800 bits per heavy atom. The van der Waals surface area contributed by atoms with Gasteiger partial charge in [0.05, 0.1) is 0 Å². The number of hydrogen-bond donors (Lipinski definition) is 1. The van der Waals surface area contributed by atoms with Crippen LogP contribution in [0.5, 0.6) is 0 Å². The van der Waals surface area contributed by atoms with Crippen molar-refractivity contribution in [3.05, 3.63) is 70.9 Å². The van der Waals surface area contributed by atoms with E-state index in [1.807, 2.05) is 0 Å². The molecule has 5 rings (SSSR count). The molecule has 1 N–H and O–H groups in total. The van der Waals surface area contributed by atoms with Crippen molar-refractivity contribution in [1.29, 1.82) is 0 Å². The van der Waals surface area contributed by atoms with Crippen molar-refractivity contribution in [3.63, 3.8) is 0 Å². The van der Waals surface area contributed by atoms with E-state index in [9.17, 15) is 0 Å². The molecule has 0 aliphatic carbocycles. The minimum atomic E-state index is 1.10. The van der Waals surface area contributed by atoms with Crippen LogP contribution >= 0.6 is 0 Å². The molecule has 0 fully saturated rings. The molecule has 2 aromatic carbocycles. The van der Waals surface area contributed by atoms with E-state index in [2.05, 4.69) is 63.3 Å². The van der Waals surface area contributed by atoms with Crippen LogP contribution in [0, 0.1) is 0 Å². The lowest BCUT2D eigenvalue weighted by atomic mass is 10.0. The quantitative estimate of drug-likeness (QED) is 0.782. The molecule has 25 heavy (non-hydrogen) atoms. The molecule has 0 saturated carbocycles. The van der Waals surface area contributed by atoms with E-state index in [0.717, 1.165) is 26.1 Å².